The third-order valence-corrected chi connectivity index (χ3v) is 5.26. The molecule has 2 N–H and O–H groups in total. The molecule has 1 saturated heterocycles. The number of nitrogens with one attached hydrogen (secondary N) is 2. The van der Waals surface area contributed by atoms with Crippen LogP contribution >= 0.6 is 0 Å². The van der Waals surface area contributed by atoms with Crippen LogP contribution in [0.1, 0.15) is 19.8 Å². The maximum absolute atomic E-state index is 12.7. The molecule has 1 aliphatic rings. The van der Waals surface area contributed by atoms with E-state index in [2.05, 4.69) is 17.6 Å². The third kappa shape index (κ3) is 3.71. The highest BCUT2D eigenvalue weighted by Crippen LogP contribution is 2.29. The summed E-state index contributed by atoms with van der Waals surface area (Å²) < 4.78 is 48.8. The Morgan fingerprint density at radius 3 is 2.71 bits per heavy atom. The van der Waals surface area contributed by atoms with Crippen molar-refractivity contribution in [1.29, 1.82) is 0 Å². The third-order valence-electron chi connectivity index (χ3n) is 3.82. The summed E-state index contributed by atoms with van der Waals surface area (Å²) in [4.78, 5) is -0.340. The van der Waals surface area contributed by atoms with E-state index in [1.165, 1.54) is 18.2 Å². The Morgan fingerprint density at radius 1 is 1.38 bits per heavy atom. The van der Waals surface area contributed by atoms with Gasteiger partial charge < -0.3 is 10.6 Å². The average Bonchev–Trinajstić information content (AvgIpc) is 2.46. The molecule has 0 bridgehead atoms. The normalized spacial score (nSPS) is 23.2. The summed E-state index contributed by atoms with van der Waals surface area (Å²) in [6.07, 6.45) is 2.06. The lowest BCUT2D eigenvalue weighted by Gasteiger charge is -2.34. The molecule has 118 valence electrons. The first-order valence-corrected chi connectivity index (χ1v) is 8.45. The first kappa shape index (κ1) is 16.2. The smallest absolute Gasteiger partial charge is 0.341 e. The molecule has 2 rings (SSSR count). The Balaban J connectivity index is 2.18. The van der Waals surface area contributed by atoms with Gasteiger partial charge in [0.2, 0.25) is 9.84 Å². The van der Waals surface area contributed by atoms with Crippen molar-refractivity contribution in [3.05, 3.63) is 24.3 Å². The van der Waals surface area contributed by atoms with Crippen LogP contribution in [0, 0.1) is 5.41 Å². The molecular formula is C14H20F2N2O2S. The minimum absolute atomic E-state index is 0.0139. The second-order valence-electron chi connectivity index (χ2n) is 5.75. The molecule has 21 heavy (non-hydrogen) atoms. The highest BCUT2D eigenvalue weighted by atomic mass is 32.2. The number of benzene rings is 1. The molecule has 7 heteroatoms. The van der Waals surface area contributed by atoms with E-state index in [1.54, 1.807) is 6.07 Å². The van der Waals surface area contributed by atoms with Crippen LogP contribution in [0.25, 0.3) is 0 Å². The number of hydrogen-bond donors (Lipinski definition) is 2. The standard InChI is InChI=1S/C14H20F2N2O2S/c1-14(7-4-8-17-9-14)10-18-11-5-2-3-6-12(11)21(19,20)13(15)16/h2-3,5-6,13,17-18H,4,7-10H2,1H3. The Bertz CT molecular complexity index is 584. The van der Waals surface area contributed by atoms with Gasteiger partial charge in [-0.15, -0.1) is 0 Å². The van der Waals surface area contributed by atoms with Gasteiger partial charge in [0.15, 0.2) is 0 Å². The van der Waals surface area contributed by atoms with E-state index in [9.17, 15) is 17.2 Å². The number of halogens is 2. The molecule has 1 aromatic rings. The molecule has 0 saturated carbocycles. The number of anilines is 1. The minimum Gasteiger partial charge on any atom is -0.383 e. The van der Waals surface area contributed by atoms with Crippen LogP contribution in [0.2, 0.25) is 0 Å². The van der Waals surface area contributed by atoms with Crippen molar-refractivity contribution in [3.8, 4) is 0 Å². The molecule has 0 amide bonds. The van der Waals surface area contributed by atoms with Crippen molar-refractivity contribution in [3.63, 3.8) is 0 Å². The number of hydrogen-bond acceptors (Lipinski definition) is 4. The lowest BCUT2D eigenvalue weighted by molar-refractivity contribution is 0.234. The van der Waals surface area contributed by atoms with Gasteiger partial charge in [-0.25, -0.2) is 8.42 Å². The summed E-state index contributed by atoms with van der Waals surface area (Å²) in [5.74, 6) is -3.41. The van der Waals surface area contributed by atoms with Crippen molar-refractivity contribution in [2.24, 2.45) is 5.41 Å². The molecule has 1 unspecified atom stereocenters. The second kappa shape index (κ2) is 6.27. The zero-order valence-corrected chi connectivity index (χ0v) is 12.7. The van der Waals surface area contributed by atoms with Crippen LogP contribution in [0.4, 0.5) is 14.5 Å². The molecule has 1 heterocycles. The van der Waals surface area contributed by atoms with Crippen LogP contribution in [-0.2, 0) is 9.84 Å². The van der Waals surface area contributed by atoms with Gasteiger partial charge in [-0.2, -0.15) is 8.78 Å². The van der Waals surface area contributed by atoms with Gasteiger partial charge in [0.25, 0.3) is 0 Å². The van der Waals surface area contributed by atoms with Gasteiger partial charge in [0.1, 0.15) is 0 Å². The van der Waals surface area contributed by atoms with Gasteiger partial charge >= 0.3 is 5.76 Å². The van der Waals surface area contributed by atoms with Crippen molar-refractivity contribution >= 4 is 15.5 Å². The number of rotatable bonds is 5. The monoisotopic (exact) mass is 318 g/mol. The van der Waals surface area contributed by atoms with Gasteiger partial charge in [-0.1, -0.05) is 19.1 Å². The summed E-state index contributed by atoms with van der Waals surface area (Å²) >= 11 is 0. The van der Waals surface area contributed by atoms with E-state index in [-0.39, 0.29) is 16.0 Å². The lowest BCUT2D eigenvalue weighted by Crippen LogP contribution is -2.42. The maximum Gasteiger partial charge on any atom is 0.341 e. The van der Waals surface area contributed by atoms with Gasteiger partial charge in [-0.3, -0.25) is 0 Å². The van der Waals surface area contributed by atoms with Crippen LogP contribution in [0.15, 0.2) is 29.2 Å². The van der Waals surface area contributed by atoms with Crippen molar-refractivity contribution in [1.82, 2.24) is 5.32 Å². The van der Waals surface area contributed by atoms with Gasteiger partial charge in [-0.05, 0) is 36.9 Å². The first-order valence-electron chi connectivity index (χ1n) is 6.91. The molecule has 4 nitrogen and oxygen atoms in total. The molecule has 0 spiro atoms. The Hall–Kier alpha value is -1.21. The van der Waals surface area contributed by atoms with E-state index >= 15 is 0 Å². The number of sulfone groups is 1. The van der Waals surface area contributed by atoms with E-state index in [0.29, 0.717) is 6.54 Å². The van der Waals surface area contributed by atoms with E-state index in [4.69, 9.17) is 0 Å². The number of alkyl halides is 2. The SMILES string of the molecule is CC1(CNc2ccccc2S(=O)(=O)C(F)F)CCCNC1. The van der Waals surface area contributed by atoms with Crippen LogP contribution in [0.3, 0.4) is 0 Å². The molecule has 1 aromatic carbocycles. The summed E-state index contributed by atoms with van der Waals surface area (Å²) in [5, 5.41) is 6.33. The summed E-state index contributed by atoms with van der Waals surface area (Å²) in [6.45, 7) is 4.43. The zero-order valence-electron chi connectivity index (χ0n) is 11.9. The average molecular weight is 318 g/mol. The van der Waals surface area contributed by atoms with E-state index in [0.717, 1.165) is 25.9 Å². The second-order valence-corrected chi connectivity index (χ2v) is 7.63. The fraction of sp³-hybridized carbons (Fsp3) is 0.571. The van der Waals surface area contributed by atoms with Crippen molar-refractivity contribution < 1.29 is 17.2 Å². The fourth-order valence-electron chi connectivity index (χ4n) is 2.53. The molecular weight excluding hydrogens is 298 g/mol. The predicted octanol–water partition coefficient (Wildman–Crippen LogP) is 2.48. The van der Waals surface area contributed by atoms with Crippen LogP contribution in [0.5, 0.6) is 0 Å². The van der Waals surface area contributed by atoms with E-state index in [1.807, 2.05) is 0 Å². The summed E-state index contributed by atoms with van der Waals surface area (Å²) in [6, 6.07) is 5.82. The Morgan fingerprint density at radius 2 is 2.10 bits per heavy atom. The molecule has 0 radical (unpaired) electrons. The summed E-state index contributed by atoms with van der Waals surface area (Å²) in [5.41, 5.74) is 0.226. The number of para-hydroxylation sites is 1. The minimum atomic E-state index is -4.59. The quantitative estimate of drug-likeness (QED) is 0.876. The molecule has 1 aliphatic heterocycles. The van der Waals surface area contributed by atoms with Crippen molar-refractivity contribution in [2.45, 2.75) is 30.4 Å². The Kier molecular flexibility index (Phi) is 4.83. The molecule has 0 aromatic heterocycles. The Labute approximate surface area is 123 Å². The number of piperidine rings is 1. The van der Waals surface area contributed by atoms with E-state index < -0.39 is 15.6 Å². The molecule has 1 fully saturated rings. The van der Waals surface area contributed by atoms with Gasteiger partial charge in [0, 0.05) is 13.1 Å². The summed E-state index contributed by atoms with van der Waals surface area (Å²) in [7, 11) is -4.59. The largest absolute Gasteiger partial charge is 0.383 e. The lowest BCUT2D eigenvalue weighted by atomic mass is 9.83. The fourth-order valence-corrected chi connectivity index (χ4v) is 3.44. The van der Waals surface area contributed by atoms with Crippen LogP contribution in [-0.4, -0.2) is 33.8 Å². The topological polar surface area (TPSA) is 58.2 Å². The highest BCUT2D eigenvalue weighted by Gasteiger charge is 2.30. The first-order chi connectivity index (χ1) is 9.85. The predicted molar refractivity (Wildman–Crippen MR) is 78.3 cm³/mol. The molecule has 1 atom stereocenters. The van der Waals surface area contributed by atoms with Gasteiger partial charge in [0.05, 0.1) is 10.6 Å². The maximum atomic E-state index is 12.7. The zero-order chi connectivity index (χ0) is 15.5. The van der Waals surface area contributed by atoms with Crippen LogP contribution < -0.4 is 10.6 Å². The molecule has 0 aliphatic carbocycles. The highest BCUT2D eigenvalue weighted by molar-refractivity contribution is 7.91. The van der Waals surface area contributed by atoms with Crippen molar-refractivity contribution in [2.75, 3.05) is 25.0 Å².